The van der Waals surface area contributed by atoms with Gasteiger partial charge in [-0.15, -0.1) is 11.3 Å². The zero-order chi connectivity index (χ0) is 24.1. The highest BCUT2D eigenvalue weighted by atomic mass is 32.1. The number of hydrogen-bond acceptors (Lipinski definition) is 6. The van der Waals surface area contributed by atoms with E-state index in [4.69, 9.17) is 4.98 Å². The van der Waals surface area contributed by atoms with Crippen molar-refractivity contribution in [2.45, 2.75) is 38.7 Å². The van der Waals surface area contributed by atoms with Crippen molar-refractivity contribution < 1.29 is 13.6 Å². The average molecular weight is 499 g/mol. The Morgan fingerprint density at radius 2 is 1.89 bits per heavy atom. The first kappa shape index (κ1) is 22.3. The molecule has 1 aliphatic carbocycles. The maximum atomic E-state index is 13.0. The summed E-state index contributed by atoms with van der Waals surface area (Å²) in [5, 5.41) is 0.763. The van der Waals surface area contributed by atoms with Gasteiger partial charge in [0.15, 0.2) is 5.82 Å². The molecular formula is C24H24F2N6O2S. The van der Waals surface area contributed by atoms with Crippen LogP contribution in [0.25, 0.3) is 21.3 Å². The molecule has 11 heteroatoms. The molecule has 182 valence electrons. The van der Waals surface area contributed by atoms with Gasteiger partial charge in [-0.3, -0.25) is 14.5 Å². The van der Waals surface area contributed by atoms with E-state index in [1.165, 1.54) is 16.9 Å². The van der Waals surface area contributed by atoms with Gasteiger partial charge in [0.05, 0.1) is 23.0 Å². The number of rotatable bonds is 4. The van der Waals surface area contributed by atoms with E-state index in [1.807, 2.05) is 0 Å². The van der Waals surface area contributed by atoms with E-state index in [9.17, 15) is 18.4 Å². The number of alkyl halides is 2. The van der Waals surface area contributed by atoms with Gasteiger partial charge in [-0.25, -0.2) is 18.7 Å². The van der Waals surface area contributed by atoms with Crippen molar-refractivity contribution >= 4 is 38.5 Å². The molecule has 0 bridgehead atoms. The number of imidazole rings is 1. The Labute approximate surface area is 203 Å². The van der Waals surface area contributed by atoms with Crippen molar-refractivity contribution in [1.82, 2.24) is 29.7 Å². The Bertz CT molecular complexity index is 1480. The van der Waals surface area contributed by atoms with E-state index in [0.717, 1.165) is 29.5 Å². The van der Waals surface area contributed by atoms with Crippen LogP contribution in [-0.4, -0.2) is 61.8 Å². The van der Waals surface area contributed by atoms with E-state index in [2.05, 4.69) is 19.9 Å². The molecule has 1 aromatic carbocycles. The van der Waals surface area contributed by atoms with Crippen LogP contribution < -0.4 is 5.56 Å². The number of hydrogen-bond donors (Lipinski definition) is 2. The third-order valence-corrected chi connectivity index (χ3v) is 8.05. The quantitative estimate of drug-likeness (QED) is 0.448. The Morgan fingerprint density at radius 3 is 2.69 bits per heavy atom. The van der Waals surface area contributed by atoms with Crippen LogP contribution in [-0.2, 0) is 19.4 Å². The molecule has 4 heterocycles. The lowest BCUT2D eigenvalue weighted by atomic mass is 9.97. The minimum absolute atomic E-state index is 0.0533. The van der Waals surface area contributed by atoms with Crippen molar-refractivity contribution in [3.63, 3.8) is 0 Å². The maximum absolute atomic E-state index is 13.0. The Morgan fingerprint density at radius 1 is 1.09 bits per heavy atom. The van der Waals surface area contributed by atoms with Crippen LogP contribution in [0.1, 0.15) is 51.7 Å². The second kappa shape index (κ2) is 8.80. The number of carbonyl (C=O) groups excluding carboxylic acids is 1. The summed E-state index contributed by atoms with van der Waals surface area (Å²) in [6, 6.07) is 4.78. The number of halogens is 2. The van der Waals surface area contributed by atoms with Gasteiger partial charge in [-0.1, -0.05) is 0 Å². The molecule has 0 atom stereocenters. The largest absolute Gasteiger partial charge is 0.337 e. The molecule has 35 heavy (non-hydrogen) atoms. The van der Waals surface area contributed by atoms with Crippen molar-refractivity contribution in [1.29, 1.82) is 0 Å². The fourth-order valence-electron chi connectivity index (χ4n) is 5.05. The molecule has 4 aromatic rings. The molecule has 8 nitrogen and oxygen atoms in total. The molecule has 1 amide bonds. The summed E-state index contributed by atoms with van der Waals surface area (Å²) in [6.07, 6.45) is 1.58. The Kier molecular flexibility index (Phi) is 5.60. The summed E-state index contributed by atoms with van der Waals surface area (Å²) >= 11 is 1.64. The molecule has 2 N–H and O–H groups in total. The van der Waals surface area contributed by atoms with Gasteiger partial charge in [0.25, 0.3) is 17.9 Å². The molecular weight excluding hydrogens is 474 g/mol. The lowest BCUT2D eigenvalue weighted by molar-refractivity contribution is 0.0625. The number of benzene rings is 1. The van der Waals surface area contributed by atoms with Gasteiger partial charge in [0, 0.05) is 36.6 Å². The normalized spacial score (nSPS) is 16.9. The van der Waals surface area contributed by atoms with Crippen LogP contribution in [0.15, 0.2) is 23.0 Å². The summed E-state index contributed by atoms with van der Waals surface area (Å²) in [5.74, 6) is 0.114. The molecule has 0 unspecified atom stereocenters. The first-order chi connectivity index (χ1) is 17.0. The minimum atomic E-state index is -2.69. The van der Waals surface area contributed by atoms with Gasteiger partial charge in [0.2, 0.25) is 0 Å². The monoisotopic (exact) mass is 498 g/mol. The Hall–Kier alpha value is -3.18. The predicted octanol–water partition coefficient (Wildman–Crippen LogP) is 3.64. The standard InChI is InChI=1S/C24H24F2N6O2S/c25-20(26)21-27-15-6-5-13(11-16(15)28-21)24(34)32-9-7-31(8-10-32)12-18-29-22(33)19-14-3-1-2-4-17(14)35-23(19)30-18/h5-6,11,20H,1-4,7-10,12H2,(H,27,28)(H,29,30,33). The van der Waals surface area contributed by atoms with Gasteiger partial charge in [0.1, 0.15) is 10.7 Å². The minimum Gasteiger partial charge on any atom is -0.337 e. The number of amides is 1. The lowest BCUT2D eigenvalue weighted by Crippen LogP contribution is -2.48. The third-order valence-electron chi connectivity index (χ3n) is 6.86. The second-order valence-electron chi connectivity index (χ2n) is 9.13. The number of aromatic nitrogens is 4. The zero-order valence-electron chi connectivity index (χ0n) is 18.9. The highest BCUT2D eigenvalue weighted by Gasteiger charge is 2.25. The summed E-state index contributed by atoms with van der Waals surface area (Å²) in [5.41, 5.74) is 2.40. The fraction of sp³-hybridized carbons (Fsp3) is 0.417. The average Bonchev–Trinajstić information content (AvgIpc) is 3.45. The number of aryl methyl sites for hydroxylation is 2. The molecule has 0 spiro atoms. The number of H-pyrrole nitrogens is 2. The zero-order valence-corrected chi connectivity index (χ0v) is 19.8. The van der Waals surface area contributed by atoms with E-state index in [-0.39, 0.29) is 11.5 Å². The van der Waals surface area contributed by atoms with E-state index in [1.54, 1.807) is 34.4 Å². The molecule has 0 radical (unpaired) electrons. The van der Waals surface area contributed by atoms with Gasteiger partial charge < -0.3 is 14.9 Å². The number of nitrogens with zero attached hydrogens (tertiary/aromatic N) is 4. The van der Waals surface area contributed by atoms with E-state index < -0.39 is 12.2 Å². The highest BCUT2D eigenvalue weighted by molar-refractivity contribution is 7.18. The van der Waals surface area contributed by atoms with Crippen LogP contribution in [0.2, 0.25) is 0 Å². The first-order valence-corrected chi connectivity index (χ1v) is 12.6. The smallest absolute Gasteiger partial charge is 0.295 e. The number of piperazine rings is 1. The van der Waals surface area contributed by atoms with Crippen molar-refractivity contribution in [3.8, 4) is 0 Å². The topological polar surface area (TPSA) is 98.0 Å². The van der Waals surface area contributed by atoms with Crippen LogP contribution in [0, 0.1) is 0 Å². The van der Waals surface area contributed by atoms with Crippen molar-refractivity contribution in [3.05, 3.63) is 56.2 Å². The van der Waals surface area contributed by atoms with Crippen molar-refractivity contribution in [2.24, 2.45) is 0 Å². The van der Waals surface area contributed by atoms with Crippen LogP contribution in [0.4, 0.5) is 8.78 Å². The number of carbonyl (C=O) groups is 1. The number of aromatic amines is 2. The molecule has 0 saturated carbocycles. The van der Waals surface area contributed by atoms with Crippen LogP contribution >= 0.6 is 11.3 Å². The number of thiophene rings is 1. The number of fused-ring (bicyclic) bond motifs is 4. The van der Waals surface area contributed by atoms with Crippen LogP contribution in [0.3, 0.4) is 0 Å². The fourth-order valence-corrected chi connectivity index (χ4v) is 6.33. The summed E-state index contributed by atoms with van der Waals surface area (Å²) in [4.78, 5) is 46.0. The molecule has 1 fully saturated rings. The third kappa shape index (κ3) is 4.12. The van der Waals surface area contributed by atoms with Gasteiger partial charge >= 0.3 is 0 Å². The lowest BCUT2D eigenvalue weighted by Gasteiger charge is -2.34. The molecule has 6 rings (SSSR count). The van der Waals surface area contributed by atoms with Gasteiger partial charge in [-0.2, -0.15) is 0 Å². The van der Waals surface area contributed by atoms with Crippen molar-refractivity contribution in [2.75, 3.05) is 26.2 Å². The van der Waals surface area contributed by atoms with Crippen LogP contribution in [0.5, 0.6) is 0 Å². The molecule has 1 aliphatic heterocycles. The molecule has 1 saturated heterocycles. The Balaban J connectivity index is 1.13. The summed E-state index contributed by atoms with van der Waals surface area (Å²) in [7, 11) is 0. The first-order valence-electron chi connectivity index (χ1n) is 11.8. The highest BCUT2D eigenvalue weighted by Crippen LogP contribution is 2.33. The van der Waals surface area contributed by atoms with E-state index >= 15 is 0 Å². The second-order valence-corrected chi connectivity index (χ2v) is 10.2. The van der Waals surface area contributed by atoms with E-state index in [0.29, 0.717) is 55.1 Å². The predicted molar refractivity (Wildman–Crippen MR) is 129 cm³/mol. The van der Waals surface area contributed by atoms with Gasteiger partial charge in [-0.05, 0) is 49.4 Å². The SMILES string of the molecule is O=C(c1ccc2nc(C(F)F)[nH]c2c1)N1CCN(Cc2nc3sc4c(c3c(=O)[nH]2)CCCC4)CC1. The summed E-state index contributed by atoms with van der Waals surface area (Å²) < 4.78 is 25.8. The maximum Gasteiger partial charge on any atom is 0.295 e. The molecule has 3 aromatic heterocycles. The number of nitrogens with one attached hydrogen (secondary N) is 2. The molecule has 2 aliphatic rings. The summed E-state index contributed by atoms with van der Waals surface area (Å²) in [6.45, 7) is 2.88.